The molecule has 0 unspecified atom stereocenters. The van der Waals surface area contributed by atoms with Crippen LogP contribution in [0.15, 0.2) is 57.9 Å². The maximum absolute atomic E-state index is 12.3. The van der Waals surface area contributed by atoms with E-state index < -0.39 is 11.0 Å². The van der Waals surface area contributed by atoms with E-state index in [0.717, 1.165) is 15.8 Å². The van der Waals surface area contributed by atoms with Crippen LogP contribution in [0.3, 0.4) is 0 Å². The summed E-state index contributed by atoms with van der Waals surface area (Å²) in [6.45, 7) is 7.98. The lowest BCUT2D eigenvalue weighted by molar-refractivity contribution is 0.615. The maximum Gasteiger partial charge on any atom is 0.0975 e. The van der Waals surface area contributed by atoms with E-state index in [0.29, 0.717) is 0 Å². The first-order valence-electron chi connectivity index (χ1n) is 7.91. The van der Waals surface area contributed by atoms with Crippen LogP contribution >= 0.6 is 27.7 Å². The first-order valence-corrected chi connectivity index (χ1v) is 10.8. The lowest BCUT2D eigenvalue weighted by Crippen LogP contribution is -2.34. The third-order valence-electron chi connectivity index (χ3n) is 3.52. The van der Waals surface area contributed by atoms with Gasteiger partial charge in [-0.2, -0.15) is 0 Å². The third-order valence-corrected chi connectivity index (χ3v) is 6.99. The highest BCUT2D eigenvalue weighted by atomic mass is 79.9. The van der Waals surface area contributed by atoms with E-state index in [1.807, 2.05) is 38.6 Å². The van der Waals surface area contributed by atoms with Gasteiger partial charge in [0.25, 0.3) is 0 Å². The van der Waals surface area contributed by atoms with E-state index in [9.17, 15) is 4.21 Å². The summed E-state index contributed by atoms with van der Waals surface area (Å²) in [7, 11) is -1.09. The van der Waals surface area contributed by atoms with Gasteiger partial charge in [0.1, 0.15) is 0 Å². The van der Waals surface area contributed by atoms with E-state index in [1.165, 1.54) is 10.5 Å². The topological polar surface area (TPSA) is 29.1 Å². The standard InChI is InChI=1S/C19H24BrNOS2/c1-14(21-24(22)19(2,3)4)17-12-16(10-11-18(17)20)23-13-15-8-6-5-7-9-15/h5-12,14,21H,13H2,1-4H3/t14-,24+/m1/s1. The Labute approximate surface area is 160 Å². The Morgan fingerprint density at radius 2 is 1.83 bits per heavy atom. The number of hydrogen-bond donors (Lipinski definition) is 1. The summed E-state index contributed by atoms with van der Waals surface area (Å²) >= 11 is 5.43. The molecule has 130 valence electrons. The Bertz CT molecular complexity index is 698. The minimum absolute atomic E-state index is 0.0108. The van der Waals surface area contributed by atoms with Gasteiger partial charge in [-0.25, -0.2) is 8.93 Å². The van der Waals surface area contributed by atoms with Crippen molar-refractivity contribution in [2.45, 2.75) is 49.1 Å². The zero-order chi connectivity index (χ0) is 17.7. The minimum Gasteiger partial charge on any atom is -0.242 e. The Morgan fingerprint density at radius 3 is 2.46 bits per heavy atom. The van der Waals surface area contributed by atoms with Crippen molar-refractivity contribution in [1.82, 2.24) is 4.72 Å². The van der Waals surface area contributed by atoms with Gasteiger partial charge in [-0.3, -0.25) is 0 Å². The Hall–Kier alpha value is -0.620. The molecule has 24 heavy (non-hydrogen) atoms. The fraction of sp³-hybridized carbons (Fsp3) is 0.368. The zero-order valence-corrected chi connectivity index (χ0v) is 17.7. The number of benzene rings is 2. The van der Waals surface area contributed by atoms with Gasteiger partial charge >= 0.3 is 0 Å². The van der Waals surface area contributed by atoms with Crippen LogP contribution in [0, 0.1) is 0 Å². The molecular formula is C19H24BrNOS2. The van der Waals surface area contributed by atoms with Gasteiger partial charge in [-0.1, -0.05) is 46.3 Å². The minimum atomic E-state index is -1.09. The SMILES string of the molecule is C[C@@H](N[S@@](=O)C(C)(C)C)c1cc(SCc2ccccc2)ccc1Br. The normalized spacial score (nSPS) is 14.4. The van der Waals surface area contributed by atoms with E-state index in [1.54, 1.807) is 0 Å². The molecule has 0 fully saturated rings. The highest BCUT2D eigenvalue weighted by Crippen LogP contribution is 2.31. The number of hydrogen-bond acceptors (Lipinski definition) is 2. The molecule has 0 radical (unpaired) electrons. The molecule has 0 amide bonds. The summed E-state index contributed by atoms with van der Waals surface area (Å²) in [5.74, 6) is 0.942. The maximum atomic E-state index is 12.3. The van der Waals surface area contributed by atoms with E-state index in [4.69, 9.17) is 0 Å². The average molecular weight is 426 g/mol. The third kappa shape index (κ3) is 5.73. The van der Waals surface area contributed by atoms with Gasteiger partial charge < -0.3 is 0 Å². The van der Waals surface area contributed by atoms with E-state index >= 15 is 0 Å². The summed E-state index contributed by atoms with van der Waals surface area (Å²) < 4.78 is 16.3. The quantitative estimate of drug-likeness (QED) is 0.587. The van der Waals surface area contributed by atoms with Crippen LogP contribution in [-0.2, 0) is 16.7 Å². The van der Waals surface area contributed by atoms with Crippen molar-refractivity contribution in [3.8, 4) is 0 Å². The highest BCUT2D eigenvalue weighted by Gasteiger charge is 2.22. The van der Waals surface area contributed by atoms with Crippen LogP contribution in [0.2, 0.25) is 0 Å². The monoisotopic (exact) mass is 425 g/mol. The molecule has 0 aromatic heterocycles. The van der Waals surface area contributed by atoms with Gasteiger partial charge in [0, 0.05) is 21.2 Å². The summed E-state index contributed by atoms with van der Waals surface area (Å²) in [5, 5.41) is 0. The highest BCUT2D eigenvalue weighted by molar-refractivity contribution is 9.10. The molecule has 2 nitrogen and oxygen atoms in total. The molecule has 0 bridgehead atoms. The number of nitrogens with one attached hydrogen (secondary N) is 1. The largest absolute Gasteiger partial charge is 0.242 e. The summed E-state index contributed by atoms with van der Waals surface area (Å²) in [5.41, 5.74) is 2.44. The van der Waals surface area contributed by atoms with Crippen LogP contribution in [0.1, 0.15) is 44.9 Å². The van der Waals surface area contributed by atoms with Crippen LogP contribution in [0.4, 0.5) is 0 Å². The molecule has 0 heterocycles. The van der Waals surface area contributed by atoms with Crippen molar-refractivity contribution in [2.24, 2.45) is 0 Å². The van der Waals surface area contributed by atoms with Crippen molar-refractivity contribution < 1.29 is 4.21 Å². The molecule has 2 rings (SSSR count). The summed E-state index contributed by atoms with van der Waals surface area (Å²) in [6, 6.07) is 16.8. The molecule has 2 atom stereocenters. The first kappa shape index (κ1) is 19.7. The molecule has 0 aliphatic heterocycles. The first-order chi connectivity index (χ1) is 11.3. The van der Waals surface area contributed by atoms with E-state index in [-0.39, 0.29) is 10.8 Å². The van der Waals surface area contributed by atoms with Crippen molar-refractivity contribution in [2.75, 3.05) is 0 Å². The summed E-state index contributed by atoms with van der Waals surface area (Å²) in [6.07, 6.45) is 0. The molecule has 0 saturated carbocycles. The predicted octanol–water partition coefficient (Wildman–Crippen LogP) is 5.85. The van der Waals surface area contributed by atoms with Crippen molar-refractivity contribution in [3.63, 3.8) is 0 Å². The van der Waals surface area contributed by atoms with Gasteiger partial charge in [0.05, 0.1) is 15.7 Å². The molecule has 0 spiro atoms. The lowest BCUT2D eigenvalue weighted by atomic mass is 10.1. The molecule has 2 aromatic carbocycles. The van der Waals surface area contributed by atoms with Crippen molar-refractivity contribution in [3.05, 3.63) is 64.1 Å². The zero-order valence-electron chi connectivity index (χ0n) is 14.5. The van der Waals surface area contributed by atoms with Gasteiger partial charge in [0.15, 0.2) is 0 Å². The van der Waals surface area contributed by atoms with Gasteiger partial charge in [-0.15, -0.1) is 11.8 Å². The summed E-state index contributed by atoms with van der Waals surface area (Å²) in [4.78, 5) is 1.22. The predicted molar refractivity (Wildman–Crippen MR) is 110 cm³/mol. The van der Waals surface area contributed by atoms with Crippen LogP contribution in [0.25, 0.3) is 0 Å². The number of rotatable bonds is 6. The molecule has 0 aliphatic rings. The van der Waals surface area contributed by atoms with Gasteiger partial charge in [-0.05, 0) is 57.0 Å². The Kier molecular flexibility index (Phi) is 7.10. The fourth-order valence-electron chi connectivity index (χ4n) is 2.09. The lowest BCUT2D eigenvalue weighted by Gasteiger charge is -2.23. The molecule has 1 N–H and O–H groups in total. The molecule has 0 aliphatic carbocycles. The van der Waals surface area contributed by atoms with Crippen LogP contribution < -0.4 is 4.72 Å². The molecule has 0 saturated heterocycles. The van der Waals surface area contributed by atoms with Crippen LogP contribution in [-0.4, -0.2) is 8.96 Å². The molecular weight excluding hydrogens is 402 g/mol. The number of halogens is 1. The second-order valence-electron chi connectivity index (χ2n) is 6.68. The van der Waals surface area contributed by atoms with Crippen LogP contribution in [0.5, 0.6) is 0 Å². The Balaban J connectivity index is 2.09. The average Bonchev–Trinajstić information content (AvgIpc) is 2.54. The molecule has 5 heteroatoms. The second kappa shape index (κ2) is 8.65. The fourth-order valence-corrected chi connectivity index (χ4v) is 4.38. The second-order valence-corrected chi connectivity index (χ2v) is 10.6. The Morgan fingerprint density at radius 1 is 1.17 bits per heavy atom. The van der Waals surface area contributed by atoms with E-state index in [2.05, 4.69) is 70.0 Å². The number of thioether (sulfide) groups is 1. The van der Waals surface area contributed by atoms with Crippen molar-refractivity contribution >= 4 is 38.7 Å². The van der Waals surface area contributed by atoms with Crippen molar-refractivity contribution in [1.29, 1.82) is 0 Å². The molecule has 2 aromatic rings. The smallest absolute Gasteiger partial charge is 0.0975 e. The van der Waals surface area contributed by atoms with Gasteiger partial charge in [0.2, 0.25) is 0 Å².